The molecule has 1 atom stereocenters. The number of benzene rings is 1. The van der Waals surface area contributed by atoms with Crippen molar-refractivity contribution < 1.29 is 9.52 Å². The Morgan fingerprint density at radius 1 is 1.29 bits per heavy atom. The summed E-state index contributed by atoms with van der Waals surface area (Å²) in [4.78, 5) is 2.02. The third kappa shape index (κ3) is 5.01. The standard InChI is InChI=1S/C16H17BrN2O2/c17-14-6-4-13(5-7-14)16(20)12-19(9-2-8-18)11-15-3-1-10-21-15/h1,3-7,10,16,20H,2,9,11-12H2. The van der Waals surface area contributed by atoms with Gasteiger partial charge in [-0.3, -0.25) is 4.90 Å². The van der Waals surface area contributed by atoms with Crippen LogP contribution in [0.4, 0.5) is 0 Å². The van der Waals surface area contributed by atoms with Gasteiger partial charge in [-0.05, 0) is 29.8 Å². The Labute approximate surface area is 132 Å². The Morgan fingerprint density at radius 3 is 2.67 bits per heavy atom. The molecule has 2 aromatic rings. The van der Waals surface area contributed by atoms with Crippen LogP contribution >= 0.6 is 15.9 Å². The number of halogens is 1. The number of hydrogen-bond acceptors (Lipinski definition) is 4. The van der Waals surface area contributed by atoms with Gasteiger partial charge in [-0.15, -0.1) is 0 Å². The second kappa shape index (κ2) is 7.99. The average molecular weight is 349 g/mol. The van der Waals surface area contributed by atoms with Gasteiger partial charge < -0.3 is 9.52 Å². The second-order valence-electron chi connectivity index (χ2n) is 4.79. The molecule has 2 rings (SSSR count). The third-order valence-corrected chi connectivity index (χ3v) is 3.71. The number of aliphatic hydroxyl groups is 1. The van der Waals surface area contributed by atoms with Crippen LogP contribution in [0.5, 0.6) is 0 Å². The molecular formula is C16H17BrN2O2. The molecule has 0 fully saturated rings. The second-order valence-corrected chi connectivity index (χ2v) is 5.71. The highest BCUT2D eigenvalue weighted by Crippen LogP contribution is 2.19. The van der Waals surface area contributed by atoms with E-state index >= 15 is 0 Å². The predicted molar refractivity (Wildman–Crippen MR) is 83.3 cm³/mol. The summed E-state index contributed by atoms with van der Waals surface area (Å²) >= 11 is 3.38. The zero-order chi connectivity index (χ0) is 15.1. The van der Waals surface area contributed by atoms with Gasteiger partial charge in [0.1, 0.15) is 5.76 Å². The Balaban J connectivity index is 1.99. The van der Waals surface area contributed by atoms with Crippen molar-refractivity contribution in [1.29, 1.82) is 5.26 Å². The van der Waals surface area contributed by atoms with Crippen molar-refractivity contribution in [3.8, 4) is 6.07 Å². The Hall–Kier alpha value is -1.61. The molecule has 0 aliphatic carbocycles. The number of nitriles is 1. The van der Waals surface area contributed by atoms with Gasteiger partial charge in [0, 0.05) is 24.0 Å². The molecule has 1 unspecified atom stereocenters. The molecule has 0 aliphatic heterocycles. The molecule has 1 N–H and O–H groups in total. The molecule has 110 valence electrons. The maximum atomic E-state index is 10.3. The summed E-state index contributed by atoms with van der Waals surface area (Å²) in [5.41, 5.74) is 0.861. The van der Waals surface area contributed by atoms with Gasteiger partial charge in [0.05, 0.1) is 25.0 Å². The first-order valence-electron chi connectivity index (χ1n) is 6.74. The number of hydrogen-bond donors (Lipinski definition) is 1. The fraction of sp³-hybridized carbons (Fsp3) is 0.312. The molecule has 0 spiro atoms. The molecule has 21 heavy (non-hydrogen) atoms. The first kappa shape index (κ1) is 15.8. The number of aliphatic hydroxyl groups excluding tert-OH is 1. The molecule has 0 amide bonds. The molecule has 0 aliphatic rings. The van der Waals surface area contributed by atoms with Crippen molar-refractivity contribution in [2.45, 2.75) is 19.1 Å². The van der Waals surface area contributed by atoms with E-state index in [1.165, 1.54) is 0 Å². The largest absolute Gasteiger partial charge is 0.468 e. The Kier molecular flexibility index (Phi) is 6.00. The van der Waals surface area contributed by atoms with Crippen molar-refractivity contribution in [1.82, 2.24) is 4.90 Å². The maximum absolute atomic E-state index is 10.3. The molecule has 0 bridgehead atoms. The minimum absolute atomic E-state index is 0.424. The van der Waals surface area contributed by atoms with E-state index < -0.39 is 6.10 Å². The monoisotopic (exact) mass is 348 g/mol. The first-order valence-corrected chi connectivity index (χ1v) is 7.53. The van der Waals surface area contributed by atoms with Gasteiger partial charge in [0.25, 0.3) is 0 Å². The molecular weight excluding hydrogens is 332 g/mol. The lowest BCUT2D eigenvalue weighted by Crippen LogP contribution is -2.29. The van der Waals surface area contributed by atoms with Gasteiger partial charge in [0.2, 0.25) is 0 Å². The van der Waals surface area contributed by atoms with Gasteiger partial charge in [-0.1, -0.05) is 28.1 Å². The van der Waals surface area contributed by atoms with Crippen LogP contribution in [0.15, 0.2) is 51.6 Å². The van der Waals surface area contributed by atoms with Crippen LogP contribution in [0, 0.1) is 11.3 Å². The van der Waals surface area contributed by atoms with Crippen LogP contribution in [-0.2, 0) is 6.54 Å². The number of furan rings is 1. The van der Waals surface area contributed by atoms with Crippen LogP contribution in [0.1, 0.15) is 23.8 Å². The topological polar surface area (TPSA) is 60.4 Å². The summed E-state index contributed by atoms with van der Waals surface area (Å²) in [6, 6.07) is 13.5. The highest BCUT2D eigenvalue weighted by Gasteiger charge is 2.15. The Bertz CT molecular complexity index is 575. The summed E-state index contributed by atoms with van der Waals surface area (Å²) < 4.78 is 6.32. The fourth-order valence-corrected chi connectivity index (χ4v) is 2.37. The van der Waals surface area contributed by atoms with Gasteiger partial charge in [0.15, 0.2) is 0 Å². The molecule has 0 saturated carbocycles. The van der Waals surface area contributed by atoms with Crippen molar-refractivity contribution in [3.63, 3.8) is 0 Å². The fourth-order valence-electron chi connectivity index (χ4n) is 2.10. The molecule has 1 aromatic carbocycles. The van der Waals surface area contributed by atoms with E-state index in [2.05, 4.69) is 22.0 Å². The van der Waals surface area contributed by atoms with E-state index in [0.717, 1.165) is 15.8 Å². The van der Waals surface area contributed by atoms with Crippen molar-refractivity contribution >= 4 is 15.9 Å². The summed E-state index contributed by atoms with van der Waals surface area (Å²) in [5, 5.41) is 19.1. The maximum Gasteiger partial charge on any atom is 0.117 e. The van der Waals surface area contributed by atoms with E-state index in [9.17, 15) is 5.11 Å². The lowest BCUT2D eigenvalue weighted by atomic mass is 10.1. The van der Waals surface area contributed by atoms with Crippen LogP contribution in [0.3, 0.4) is 0 Å². The highest BCUT2D eigenvalue weighted by molar-refractivity contribution is 9.10. The van der Waals surface area contributed by atoms with Gasteiger partial charge in [-0.25, -0.2) is 0 Å². The van der Waals surface area contributed by atoms with Crippen molar-refractivity contribution in [3.05, 3.63) is 58.5 Å². The normalized spacial score (nSPS) is 12.3. The molecule has 1 aromatic heterocycles. The molecule has 0 radical (unpaired) electrons. The zero-order valence-corrected chi connectivity index (χ0v) is 13.2. The quantitative estimate of drug-likeness (QED) is 0.831. The summed E-state index contributed by atoms with van der Waals surface area (Å²) in [6.45, 7) is 1.65. The first-order chi connectivity index (χ1) is 10.2. The van der Waals surface area contributed by atoms with Gasteiger partial charge in [-0.2, -0.15) is 5.26 Å². The zero-order valence-electron chi connectivity index (χ0n) is 11.6. The smallest absolute Gasteiger partial charge is 0.117 e. The molecule has 1 heterocycles. The van der Waals surface area contributed by atoms with Crippen molar-refractivity contribution in [2.75, 3.05) is 13.1 Å². The van der Waals surface area contributed by atoms with Crippen LogP contribution in [0.25, 0.3) is 0 Å². The van der Waals surface area contributed by atoms with Crippen molar-refractivity contribution in [2.24, 2.45) is 0 Å². The van der Waals surface area contributed by atoms with Crippen LogP contribution in [-0.4, -0.2) is 23.1 Å². The predicted octanol–water partition coefficient (Wildman–Crippen LogP) is 3.49. The van der Waals surface area contributed by atoms with Gasteiger partial charge >= 0.3 is 0 Å². The van der Waals surface area contributed by atoms with Crippen LogP contribution in [0.2, 0.25) is 0 Å². The van der Waals surface area contributed by atoms with E-state index in [1.54, 1.807) is 6.26 Å². The van der Waals surface area contributed by atoms with E-state index in [4.69, 9.17) is 9.68 Å². The minimum Gasteiger partial charge on any atom is -0.468 e. The summed E-state index contributed by atoms with van der Waals surface area (Å²) in [5.74, 6) is 0.830. The number of nitrogens with zero attached hydrogens (tertiary/aromatic N) is 2. The lowest BCUT2D eigenvalue weighted by Gasteiger charge is -2.23. The highest BCUT2D eigenvalue weighted by atomic mass is 79.9. The van der Waals surface area contributed by atoms with E-state index in [0.29, 0.717) is 26.1 Å². The van der Waals surface area contributed by atoms with E-state index in [-0.39, 0.29) is 0 Å². The minimum atomic E-state index is -0.591. The average Bonchev–Trinajstić information content (AvgIpc) is 2.98. The molecule has 0 saturated heterocycles. The SMILES string of the molecule is N#CCCN(Cc1ccco1)CC(O)c1ccc(Br)cc1. The summed E-state index contributed by atoms with van der Waals surface area (Å²) in [7, 11) is 0. The molecule has 5 heteroatoms. The Morgan fingerprint density at radius 2 is 2.05 bits per heavy atom. The third-order valence-electron chi connectivity index (χ3n) is 3.19. The lowest BCUT2D eigenvalue weighted by molar-refractivity contribution is 0.106. The number of rotatable bonds is 7. The van der Waals surface area contributed by atoms with E-state index in [1.807, 2.05) is 41.3 Å². The van der Waals surface area contributed by atoms with Crippen LogP contribution < -0.4 is 0 Å². The molecule has 4 nitrogen and oxygen atoms in total. The summed E-state index contributed by atoms with van der Waals surface area (Å²) in [6.07, 6.45) is 1.46.